The molecule has 0 aromatic heterocycles. The number of carbonyl (C=O) groups excluding carboxylic acids is 2. The molecule has 0 saturated carbocycles. The highest BCUT2D eigenvalue weighted by Crippen LogP contribution is 2.41. The largest absolute Gasteiger partial charge is 0.469 e. The first-order valence-electron chi connectivity index (χ1n) is 7.48. The Bertz CT molecular complexity index is 510. The van der Waals surface area contributed by atoms with Crippen LogP contribution in [-0.4, -0.2) is 49.2 Å². The van der Waals surface area contributed by atoms with E-state index in [4.69, 9.17) is 9.47 Å². The van der Waals surface area contributed by atoms with Crippen LogP contribution in [0.15, 0.2) is 23.8 Å². The zero-order valence-electron chi connectivity index (χ0n) is 12.5. The lowest BCUT2D eigenvalue weighted by molar-refractivity contribution is -0.152. The molecule has 21 heavy (non-hydrogen) atoms. The summed E-state index contributed by atoms with van der Waals surface area (Å²) in [5.41, 5.74) is 1.32. The fourth-order valence-corrected chi connectivity index (χ4v) is 3.44. The van der Waals surface area contributed by atoms with Gasteiger partial charge < -0.3 is 14.4 Å². The van der Waals surface area contributed by atoms with Gasteiger partial charge in [0.15, 0.2) is 0 Å². The SMILES string of the molecule is COC(=O)C1C2C=CC(O2)C1C(=O)N1CCC=C(C)CC1. The normalized spacial score (nSPS) is 34.6. The van der Waals surface area contributed by atoms with Crippen molar-refractivity contribution in [3.8, 4) is 0 Å². The van der Waals surface area contributed by atoms with Gasteiger partial charge in [0, 0.05) is 13.1 Å². The van der Waals surface area contributed by atoms with Gasteiger partial charge in [-0.25, -0.2) is 0 Å². The summed E-state index contributed by atoms with van der Waals surface area (Å²) >= 11 is 0. The van der Waals surface area contributed by atoms with E-state index in [1.165, 1.54) is 12.7 Å². The minimum Gasteiger partial charge on any atom is -0.469 e. The van der Waals surface area contributed by atoms with Crippen molar-refractivity contribution in [2.24, 2.45) is 11.8 Å². The molecule has 5 nitrogen and oxygen atoms in total. The van der Waals surface area contributed by atoms with Gasteiger partial charge in [0.2, 0.25) is 5.91 Å². The molecular weight excluding hydrogens is 270 g/mol. The minimum absolute atomic E-state index is 0.0188. The van der Waals surface area contributed by atoms with Gasteiger partial charge in [0.25, 0.3) is 0 Å². The number of nitrogens with zero attached hydrogens (tertiary/aromatic N) is 1. The number of hydrogen-bond acceptors (Lipinski definition) is 4. The number of fused-ring (bicyclic) bond motifs is 2. The fraction of sp³-hybridized carbons (Fsp3) is 0.625. The zero-order valence-corrected chi connectivity index (χ0v) is 12.5. The maximum Gasteiger partial charge on any atom is 0.312 e. The maximum atomic E-state index is 12.9. The molecule has 0 aromatic rings. The first kappa shape index (κ1) is 14.3. The van der Waals surface area contributed by atoms with Crippen LogP contribution < -0.4 is 0 Å². The van der Waals surface area contributed by atoms with Crippen molar-refractivity contribution in [3.63, 3.8) is 0 Å². The van der Waals surface area contributed by atoms with Crippen molar-refractivity contribution >= 4 is 11.9 Å². The Kier molecular flexibility index (Phi) is 3.85. The number of amides is 1. The summed E-state index contributed by atoms with van der Waals surface area (Å²) in [5, 5.41) is 0. The van der Waals surface area contributed by atoms with Crippen LogP contribution >= 0.6 is 0 Å². The van der Waals surface area contributed by atoms with Crippen LogP contribution in [0.5, 0.6) is 0 Å². The predicted molar refractivity (Wildman–Crippen MR) is 76.4 cm³/mol. The highest BCUT2D eigenvalue weighted by Gasteiger charge is 2.54. The number of methoxy groups -OCH3 is 1. The standard InChI is InChI=1S/C16H21NO4/c1-10-4-3-8-17(9-7-10)15(18)13-11-5-6-12(21-11)14(13)16(19)20-2/h4-6,11-14H,3,7-9H2,1-2H3. The second kappa shape index (κ2) is 5.64. The van der Waals surface area contributed by atoms with Gasteiger partial charge in [0.1, 0.15) is 5.92 Å². The van der Waals surface area contributed by atoms with Crippen molar-refractivity contribution in [2.75, 3.05) is 20.2 Å². The fourth-order valence-electron chi connectivity index (χ4n) is 3.44. The quantitative estimate of drug-likeness (QED) is 0.568. The van der Waals surface area contributed by atoms with E-state index in [9.17, 15) is 9.59 Å². The molecule has 1 saturated heterocycles. The average molecular weight is 291 g/mol. The number of rotatable bonds is 2. The van der Waals surface area contributed by atoms with Crippen LogP contribution in [0, 0.1) is 11.8 Å². The molecule has 114 valence electrons. The van der Waals surface area contributed by atoms with Crippen molar-refractivity contribution in [3.05, 3.63) is 23.8 Å². The lowest BCUT2D eigenvalue weighted by Gasteiger charge is -2.29. The molecule has 2 bridgehead atoms. The van der Waals surface area contributed by atoms with E-state index in [-0.39, 0.29) is 24.1 Å². The third-order valence-corrected chi connectivity index (χ3v) is 4.64. The van der Waals surface area contributed by atoms with Crippen LogP contribution in [0.3, 0.4) is 0 Å². The van der Waals surface area contributed by atoms with E-state index in [1.807, 2.05) is 17.1 Å². The Morgan fingerprint density at radius 3 is 2.67 bits per heavy atom. The molecule has 3 aliphatic rings. The zero-order chi connectivity index (χ0) is 15.0. The number of hydrogen-bond donors (Lipinski definition) is 0. The molecule has 4 atom stereocenters. The van der Waals surface area contributed by atoms with E-state index >= 15 is 0 Å². The molecule has 3 rings (SSSR count). The Labute approximate surface area is 124 Å². The van der Waals surface area contributed by atoms with Gasteiger partial charge >= 0.3 is 5.97 Å². The molecule has 0 aliphatic carbocycles. The summed E-state index contributed by atoms with van der Waals surface area (Å²) in [7, 11) is 1.36. The van der Waals surface area contributed by atoms with Crippen LogP contribution in [-0.2, 0) is 19.1 Å². The highest BCUT2D eigenvalue weighted by molar-refractivity contribution is 5.88. The topological polar surface area (TPSA) is 55.8 Å². The van der Waals surface area contributed by atoms with Gasteiger partial charge in [0.05, 0.1) is 25.2 Å². The maximum absolute atomic E-state index is 12.9. The van der Waals surface area contributed by atoms with Gasteiger partial charge in [-0.3, -0.25) is 9.59 Å². The number of esters is 1. The lowest BCUT2D eigenvalue weighted by Crippen LogP contribution is -2.45. The van der Waals surface area contributed by atoms with E-state index in [2.05, 4.69) is 13.0 Å². The first-order valence-corrected chi connectivity index (χ1v) is 7.48. The van der Waals surface area contributed by atoms with E-state index in [1.54, 1.807) is 0 Å². The minimum atomic E-state index is -0.505. The summed E-state index contributed by atoms with van der Waals surface area (Å²) in [6, 6.07) is 0. The molecule has 0 spiro atoms. The summed E-state index contributed by atoms with van der Waals surface area (Å²) in [6.45, 7) is 3.52. The Morgan fingerprint density at radius 1 is 1.24 bits per heavy atom. The van der Waals surface area contributed by atoms with Crippen LogP contribution in [0.1, 0.15) is 19.8 Å². The first-order chi connectivity index (χ1) is 10.1. The van der Waals surface area contributed by atoms with Crippen molar-refractivity contribution in [1.82, 2.24) is 4.90 Å². The summed E-state index contributed by atoms with van der Waals surface area (Å²) < 4.78 is 10.6. The molecule has 3 aliphatic heterocycles. The molecule has 0 aromatic carbocycles. The summed E-state index contributed by atoms with van der Waals surface area (Å²) in [5.74, 6) is -1.28. The second-order valence-corrected chi connectivity index (χ2v) is 5.94. The van der Waals surface area contributed by atoms with Crippen molar-refractivity contribution in [2.45, 2.75) is 32.0 Å². The van der Waals surface area contributed by atoms with Crippen LogP contribution in [0.4, 0.5) is 0 Å². The Morgan fingerprint density at radius 2 is 1.95 bits per heavy atom. The molecule has 0 N–H and O–H groups in total. The smallest absolute Gasteiger partial charge is 0.312 e. The van der Waals surface area contributed by atoms with Gasteiger partial charge in [-0.1, -0.05) is 23.8 Å². The summed E-state index contributed by atoms with van der Waals surface area (Å²) in [6.07, 6.45) is 7.11. The number of carbonyl (C=O) groups is 2. The molecule has 1 amide bonds. The highest BCUT2D eigenvalue weighted by atomic mass is 16.5. The Hall–Kier alpha value is -1.62. The monoisotopic (exact) mass is 291 g/mol. The second-order valence-electron chi connectivity index (χ2n) is 5.94. The third kappa shape index (κ3) is 2.50. The Balaban J connectivity index is 1.77. The predicted octanol–water partition coefficient (Wildman–Crippen LogP) is 1.30. The van der Waals surface area contributed by atoms with Crippen LogP contribution in [0.2, 0.25) is 0 Å². The molecular formula is C16H21NO4. The lowest BCUT2D eigenvalue weighted by atomic mass is 9.82. The molecule has 1 fully saturated rings. The van der Waals surface area contributed by atoms with Crippen LogP contribution in [0.25, 0.3) is 0 Å². The van der Waals surface area contributed by atoms with E-state index in [0.717, 1.165) is 12.8 Å². The van der Waals surface area contributed by atoms with E-state index < -0.39 is 11.8 Å². The average Bonchev–Trinajstić information content (AvgIpc) is 3.03. The van der Waals surface area contributed by atoms with Gasteiger partial charge in [-0.15, -0.1) is 0 Å². The molecule has 5 heteroatoms. The molecule has 0 radical (unpaired) electrons. The third-order valence-electron chi connectivity index (χ3n) is 4.64. The van der Waals surface area contributed by atoms with Gasteiger partial charge in [-0.05, 0) is 19.8 Å². The summed E-state index contributed by atoms with van der Waals surface area (Å²) in [4.78, 5) is 26.7. The molecule has 4 unspecified atom stereocenters. The number of ether oxygens (including phenoxy) is 2. The van der Waals surface area contributed by atoms with Gasteiger partial charge in [-0.2, -0.15) is 0 Å². The van der Waals surface area contributed by atoms with E-state index in [0.29, 0.717) is 13.1 Å². The van der Waals surface area contributed by atoms with Crippen molar-refractivity contribution in [1.29, 1.82) is 0 Å². The van der Waals surface area contributed by atoms with Crippen molar-refractivity contribution < 1.29 is 19.1 Å². The molecule has 3 heterocycles.